The first-order valence-corrected chi connectivity index (χ1v) is 7.34. The van der Waals surface area contributed by atoms with E-state index in [-0.39, 0.29) is 5.91 Å². The van der Waals surface area contributed by atoms with E-state index in [4.69, 9.17) is 0 Å². The van der Waals surface area contributed by atoms with Crippen LogP contribution in [-0.4, -0.2) is 31.2 Å². The van der Waals surface area contributed by atoms with E-state index in [0.29, 0.717) is 11.5 Å². The molecule has 1 aromatic carbocycles. The van der Waals surface area contributed by atoms with Gasteiger partial charge < -0.3 is 14.9 Å². The summed E-state index contributed by atoms with van der Waals surface area (Å²) in [4.78, 5) is 15.7. The van der Waals surface area contributed by atoms with Crippen LogP contribution in [0, 0.1) is 5.92 Å². The maximum Gasteiger partial charge on any atom is 0.260 e. The van der Waals surface area contributed by atoms with E-state index in [1.54, 1.807) is 11.9 Å². The number of amides is 1. The Labute approximate surface area is 121 Å². The van der Waals surface area contributed by atoms with Crippen molar-refractivity contribution in [2.24, 2.45) is 5.92 Å². The van der Waals surface area contributed by atoms with Gasteiger partial charge in [-0.1, -0.05) is 26.3 Å². The molecule has 0 saturated carbocycles. The lowest BCUT2D eigenvalue weighted by Crippen LogP contribution is -2.28. The summed E-state index contributed by atoms with van der Waals surface area (Å²) in [7, 11) is 1.71. The maximum atomic E-state index is 11.8. The van der Waals surface area contributed by atoms with Crippen LogP contribution in [0.15, 0.2) is 18.2 Å². The van der Waals surface area contributed by atoms with Gasteiger partial charge in [-0.05, 0) is 25.0 Å². The van der Waals surface area contributed by atoms with Crippen molar-refractivity contribution < 1.29 is 9.90 Å². The van der Waals surface area contributed by atoms with Crippen LogP contribution in [-0.2, 0) is 4.79 Å². The van der Waals surface area contributed by atoms with Crippen LogP contribution in [0.25, 0.3) is 0 Å². The van der Waals surface area contributed by atoms with E-state index in [1.165, 1.54) is 0 Å². The van der Waals surface area contributed by atoms with Crippen LogP contribution in [0.2, 0.25) is 0 Å². The van der Waals surface area contributed by atoms with Gasteiger partial charge in [0.05, 0.1) is 5.69 Å². The van der Waals surface area contributed by atoms with Gasteiger partial charge in [-0.15, -0.1) is 0 Å². The summed E-state index contributed by atoms with van der Waals surface area (Å²) >= 11 is 0. The predicted octanol–water partition coefficient (Wildman–Crippen LogP) is 2.57. The zero-order valence-electron chi connectivity index (χ0n) is 12.8. The molecular formula is C16H24N2O2. The molecule has 1 aliphatic rings. The number of fused-ring (bicyclic) bond motifs is 1. The minimum Gasteiger partial charge on any atom is -0.378 e. The van der Waals surface area contributed by atoms with Crippen LogP contribution in [0.1, 0.15) is 38.9 Å². The monoisotopic (exact) mass is 276 g/mol. The zero-order valence-corrected chi connectivity index (χ0v) is 12.8. The first-order chi connectivity index (χ1) is 9.49. The van der Waals surface area contributed by atoms with E-state index >= 15 is 0 Å². The summed E-state index contributed by atoms with van der Waals surface area (Å²) in [6, 6.07) is 5.88. The van der Waals surface area contributed by atoms with Gasteiger partial charge >= 0.3 is 0 Å². The highest BCUT2D eigenvalue weighted by molar-refractivity contribution is 6.03. The van der Waals surface area contributed by atoms with Gasteiger partial charge in [-0.3, -0.25) is 4.79 Å². The molecule has 2 rings (SSSR count). The Kier molecular flexibility index (Phi) is 4.33. The molecule has 0 bridgehead atoms. The van der Waals surface area contributed by atoms with Crippen molar-refractivity contribution in [1.82, 2.24) is 0 Å². The standard InChI is InChI=1S/C16H24N2O2/c1-5-11(3)10-18(6-2)12-7-8-13-14(9-12)17(4)16(20)15(13)19/h7-9,11,15,19H,5-6,10H2,1-4H3. The summed E-state index contributed by atoms with van der Waals surface area (Å²) in [5.74, 6) is 0.385. The SMILES string of the molecule is CCC(C)CN(CC)c1ccc2c(c1)N(C)C(=O)C2O. The molecule has 1 aliphatic heterocycles. The quantitative estimate of drug-likeness (QED) is 0.899. The molecule has 110 valence electrons. The number of nitrogens with zero attached hydrogens (tertiary/aromatic N) is 2. The second-order valence-corrected chi connectivity index (χ2v) is 5.59. The van der Waals surface area contributed by atoms with Gasteiger partial charge in [0.15, 0.2) is 6.10 Å². The second kappa shape index (κ2) is 5.83. The fourth-order valence-corrected chi connectivity index (χ4v) is 2.61. The highest BCUT2D eigenvalue weighted by Crippen LogP contribution is 2.37. The Bertz CT molecular complexity index is 501. The molecule has 1 amide bonds. The minimum atomic E-state index is -1.01. The van der Waals surface area contributed by atoms with Gasteiger partial charge in [0.1, 0.15) is 0 Å². The summed E-state index contributed by atoms with van der Waals surface area (Å²) < 4.78 is 0. The number of rotatable bonds is 5. The largest absolute Gasteiger partial charge is 0.378 e. The van der Waals surface area contributed by atoms with Crippen LogP contribution in [0.3, 0.4) is 0 Å². The summed E-state index contributed by atoms with van der Waals surface area (Å²) in [6.07, 6.45) is 0.145. The summed E-state index contributed by atoms with van der Waals surface area (Å²) in [5, 5.41) is 9.89. The lowest BCUT2D eigenvalue weighted by Gasteiger charge is -2.27. The van der Waals surface area contributed by atoms with Gasteiger partial charge in [0.2, 0.25) is 0 Å². The molecule has 1 heterocycles. The molecule has 1 aromatic rings. The lowest BCUT2D eigenvalue weighted by molar-refractivity contribution is -0.125. The number of aliphatic hydroxyl groups is 1. The smallest absolute Gasteiger partial charge is 0.260 e. The van der Waals surface area contributed by atoms with Crippen molar-refractivity contribution in [2.75, 3.05) is 29.9 Å². The summed E-state index contributed by atoms with van der Waals surface area (Å²) in [5.41, 5.74) is 2.64. The molecule has 0 aliphatic carbocycles. The molecule has 0 saturated heterocycles. The molecule has 1 N–H and O–H groups in total. The number of anilines is 2. The van der Waals surface area contributed by atoms with Crippen LogP contribution >= 0.6 is 0 Å². The third-order valence-electron chi connectivity index (χ3n) is 4.21. The highest BCUT2D eigenvalue weighted by Gasteiger charge is 2.33. The van der Waals surface area contributed by atoms with Crippen LogP contribution in [0.5, 0.6) is 0 Å². The average Bonchev–Trinajstić information content (AvgIpc) is 2.69. The second-order valence-electron chi connectivity index (χ2n) is 5.59. The number of hydrogen-bond acceptors (Lipinski definition) is 3. The zero-order chi connectivity index (χ0) is 14.9. The van der Waals surface area contributed by atoms with Crippen molar-refractivity contribution in [3.8, 4) is 0 Å². The molecule has 2 unspecified atom stereocenters. The lowest BCUT2D eigenvalue weighted by atomic mass is 10.1. The molecular weight excluding hydrogens is 252 g/mol. The number of carbonyl (C=O) groups is 1. The van der Waals surface area contributed by atoms with Crippen molar-refractivity contribution in [2.45, 2.75) is 33.3 Å². The minimum absolute atomic E-state index is 0.248. The van der Waals surface area contributed by atoms with Crippen molar-refractivity contribution in [3.63, 3.8) is 0 Å². The van der Waals surface area contributed by atoms with Crippen LogP contribution < -0.4 is 9.80 Å². The Morgan fingerprint density at radius 2 is 2.10 bits per heavy atom. The first-order valence-electron chi connectivity index (χ1n) is 7.34. The fraction of sp³-hybridized carbons (Fsp3) is 0.562. The topological polar surface area (TPSA) is 43.8 Å². The molecule has 4 nitrogen and oxygen atoms in total. The van der Waals surface area contributed by atoms with E-state index in [1.807, 2.05) is 18.2 Å². The van der Waals surface area contributed by atoms with Crippen molar-refractivity contribution in [3.05, 3.63) is 23.8 Å². The molecule has 4 heteroatoms. The normalized spacial score (nSPS) is 19.1. The Morgan fingerprint density at radius 3 is 2.70 bits per heavy atom. The van der Waals surface area contributed by atoms with E-state index < -0.39 is 6.10 Å². The summed E-state index contributed by atoms with van der Waals surface area (Å²) in [6.45, 7) is 8.52. The first kappa shape index (κ1) is 14.9. The average molecular weight is 276 g/mol. The maximum absolute atomic E-state index is 11.8. The van der Waals surface area contributed by atoms with Gasteiger partial charge in [0, 0.05) is 31.4 Å². The number of benzene rings is 1. The number of aliphatic hydroxyl groups excluding tert-OH is 1. The fourth-order valence-electron chi connectivity index (χ4n) is 2.61. The molecule has 20 heavy (non-hydrogen) atoms. The number of likely N-dealkylation sites (N-methyl/N-ethyl adjacent to an activating group) is 1. The van der Waals surface area contributed by atoms with Crippen molar-refractivity contribution >= 4 is 17.3 Å². The van der Waals surface area contributed by atoms with Gasteiger partial charge in [-0.25, -0.2) is 0 Å². The van der Waals surface area contributed by atoms with Crippen LogP contribution in [0.4, 0.5) is 11.4 Å². The van der Waals surface area contributed by atoms with Crippen molar-refractivity contribution in [1.29, 1.82) is 0 Å². The highest BCUT2D eigenvalue weighted by atomic mass is 16.3. The number of carbonyl (C=O) groups excluding carboxylic acids is 1. The van der Waals surface area contributed by atoms with E-state index in [0.717, 1.165) is 30.9 Å². The third kappa shape index (κ3) is 2.52. The Morgan fingerprint density at radius 1 is 1.40 bits per heavy atom. The molecule has 0 spiro atoms. The van der Waals surface area contributed by atoms with E-state index in [2.05, 4.69) is 25.7 Å². The van der Waals surface area contributed by atoms with E-state index in [9.17, 15) is 9.90 Å². The molecule has 0 aromatic heterocycles. The Hall–Kier alpha value is -1.55. The predicted molar refractivity (Wildman–Crippen MR) is 82.2 cm³/mol. The van der Waals surface area contributed by atoms with Gasteiger partial charge in [0.25, 0.3) is 5.91 Å². The van der Waals surface area contributed by atoms with Gasteiger partial charge in [-0.2, -0.15) is 0 Å². The third-order valence-corrected chi connectivity index (χ3v) is 4.21. The molecule has 2 atom stereocenters. The Balaban J connectivity index is 2.29. The molecule has 0 fully saturated rings. The molecule has 0 radical (unpaired) electrons. The number of hydrogen-bond donors (Lipinski definition) is 1.